The fraction of sp³-hybridized carbons (Fsp3) is 0.143. The van der Waals surface area contributed by atoms with E-state index in [1.54, 1.807) is 23.1 Å². The van der Waals surface area contributed by atoms with Crippen LogP contribution in [0.2, 0.25) is 5.02 Å². The molecule has 0 aliphatic carbocycles. The molecule has 1 fully saturated rings. The Bertz CT molecular complexity index is 1310. The number of hydrogen-bond acceptors (Lipinski definition) is 4. The Morgan fingerprint density at radius 3 is 2.17 bits per heavy atom. The van der Waals surface area contributed by atoms with E-state index in [0.29, 0.717) is 48.2 Å². The van der Waals surface area contributed by atoms with Crippen LogP contribution in [0.1, 0.15) is 20.9 Å². The van der Waals surface area contributed by atoms with Crippen LogP contribution in [-0.2, 0) is 0 Å². The van der Waals surface area contributed by atoms with Gasteiger partial charge in [0.25, 0.3) is 11.8 Å². The van der Waals surface area contributed by atoms with E-state index in [9.17, 15) is 9.59 Å². The number of piperazine rings is 1. The molecule has 0 unspecified atom stereocenters. The van der Waals surface area contributed by atoms with Crippen molar-refractivity contribution in [2.24, 2.45) is 0 Å². The second-order valence-corrected chi connectivity index (χ2v) is 8.73. The van der Waals surface area contributed by atoms with Crippen molar-refractivity contribution in [2.45, 2.75) is 0 Å². The van der Waals surface area contributed by atoms with Crippen molar-refractivity contribution < 1.29 is 14.0 Å². The molecule has 2 heterocycles. The highest BCUT2D eigenvalue weighted by molar-refractivity contribution is 6.33. The van der Waals surface area contributed by atoms with Crippen molar-refractivity contribution in [1.29, 1.82) is 0 Å². The third kappa shape index (κ3) is 5.08. The van der Waals surface area contributed by atoms with Gasteiger partial charge in [-0.05, 0) is 53.6 Å². The fourth-order valence-electron chi connectivity index (χ4n) is 4.20. The molecule has 4 aromatic rings. The first kappa shape index (κ1) is 22.7. The standard InChI is InChI=1S/C28H24ClN3O3/c29-24-19-23(30-27(33)22-10-8-21(9-11-22)20-5-2-1-3-6-20)12-13-25(24)31-14-16-32(17-15-31)28(34)26-7-4-18-35-26/h1-13,18-19H,14-17H2,(H,30,33). The summed E-state index contributed by atoms with van der Waals surface area (Å²) in [5.74, 6) is 0.0559. The maximum atomic E-state index is 12.7. The highest BCUT2D eigenvalue weighted by atomic mass is 35.5. The number of amides is 2. The van der Waals surface area contributed by atoms with Crippen molar-refractivity contribution in [3.05, 3.63) is 108 Å². The van der Waals surface area contributed by atoms with Gasteiger partial charge in [-0.1, -0.05) is 54.1 Å². The predicted molar refractivity (Wildman–Crippen MR) is 138 cm³/mol. The lowest BCUT2D eigenvalue weighted by Crippen LogP contribution is -2.48. The fourth-order valence-corrected chi connectivity index (χ4v) is 4.50. The molecule has 0 bridgehead atoms. The molecular formula is C28H24ClN3O3. The van der Waals surface area contributed by atoms with Crippen LogP contribution in [0.25, 0.3) is 11.1 Å². The first-order valence-corrected chi connectivity index (χ1v) is 11.8. The third-order valence-corrected chi connectivity index (χ3v) is 6.40. The number of nitrogens with one attached hydrogen (secondary N) is 1. The van der Waals surface area contributed by atoms with E-state index in [0.717, 1.165) is 16.8 Å². The maximum Gasteiger partial charge on any atom is 0.289 e. The van der Waals surface area contributed by atoms with E-state index < -0.39 is 0 Å². The molecule has 7 heteroatoms. The van der Waals surface area contributed by atoms with Gasteiger partial charge in [0, 0.05) is 37.4 Å². The minimum atomic E-state index is -0.196. The number of hydrogen-bond donors (Lipinski definition) is 1. The molecule has 3 aromatic carbocycles. The van der Waals surface area contributed by atoms with E-state index in [1.165, 1.54) is 6.26 Å². The van der Waals surface area contributed by atoms with Gasteiger partial charge in [-0.15, -0.1) is 0 Å². The molecule has 0 radical (unpaired) electrons. The van der Waals surface area contributed by atoms with Gasteiger partial charge in [0.2, 0.25) is 0 Å². The molecule has 1 saturated heterocycles. The van der Waals surface area contributed by atoms with Crippen LogP contribution in [0.5, 0.6) is 0 Å². The average Bonchev–Trinajstić information content (AvgIpc) is 3.44. The smallest absolute Gasteiger partial charge is 0.289 e. The first-order chi connectivity index (χ1) is 17.1. The Labute approximate surface area is 208 Å². The van der Waals surface area contributed by atoms with Crippen LogP contribution in [0.3, 0.4) is 0 Å². The quantitative estimate of drug-likeness (QED) is 0.387. The van der Waals surface area contributed by atoms with Crippen molar-refractivity contribution in [3.63, 3.8) is 0 Å². The summed E-state index contributed by atoms with van der Waals surface area (Å²) in [5, 5.41) is 3.47. The van der Waals surface area contributed by atoms with Crippen molar-refractivity contribution in [3.8, 4) is 11.1 Å². The monoisotopic (exact) mass is 485 g/mol. The number of benzene rings is 3. The van der Waals surface area contributed by atoms with Crippen molar-refractivity contribution >= 4 is 34.8 Å². The molecule has 5 rings (SSSR count). The summed E-state index contributed by atoms with van der Waals surface area (Å²) in [6.45, 7) is 2.47. The Morgan fingerprint density at radius 2 is 1.51 bits per heavy atom. The molecule has 2 amide bonds. The lowest BCUT2D eigenvalue weighted by Gasteiger charge is -2.36. The highest BCUT2D eigenvalue weighted by Crippen LogP contribution is 2.30. The van der Waals surface area contributed by atoms with Gasteiger partial charge in [-0.25, -0.2) is 0 Å². The van der Waals surface area contributed by atoms with Crippen molar-refractivity contribution in [2.75, 3.05) is 36.4 Å². The number of rotatable bonds is 5. The lowest BCUT2D eigenvalue weighted by molar-refractivity contribution is 0.0714. The number of carbonyl (C=O) groups excluding carboxylic acids is 2. The minimum Gasteiger partial charge on any atom is -0.459 e. The van der Waals surface area contributed by atoms with Gasteiger partial charge < -0.3 is 19.5 Å². The molecule has 1 aliphatic rings. The van der Waals surface area contributed by atoms with Gasteiger partial charge in [0.15, 0.2) is 5.76 Å². The van der Waals surface area contributed by atoms with E-state index in [-0.39, 0.29) is 11.8 Å². The average molecular weight is 486 g/mol. The van der Waals surface area contributed by atoms with Crippen LogP contribution in [0, 0.1) is 0 Å². The zero-order valence-corrected chi connectivity index (χ0v) is 19.7. The zero-order chi connectivity index (χ0) is 24.2. The largest absolute Gasteiger partial charge is 0.459 e. The Balaban J connectivity index is 1.20. The molecule has 0 saturated carbocycles. The van der Waals surface area contributed by atoms with Crippen LogP contribution < -0.4 is 10.2 Å². The number of furan rings is 1. The third-order valence-electron chi connectivity index (χ3n) is 6.10. The van der Waals surface area contributed by atoms with Gasteiger partial charge in [-0.3, -0.25) is 9.59 Å². The summed E-state index contributed by atoms with van der Waals surface area (Å²) in [6, 6.07) is 26.4. The van der Waals surface area contributed by atoms with E-state index >= 15 is 0 Å². The molecule has 0 spiro atoms. The second kappa shape index (κ2) is 10.1. The summed E-state index contributed by atoms with van der Waals surface area (Å²) in [4.78, 5) is 29.1. The first-order valence-electron chi connectivity index (χ1n) is 11.4. The van der Waals surface area contributed by atoms with Crippen LogP contribution >= 0.6 is 11.6 Å². The maximum absolute atomic E-state index is 12.7. The zero-order valence-electron chi connectivity index (χ0n) is 19.0. The number of anilines is 2. The Morgan fingerprint density at radius 1 is 0.800 bits per heavy atom. The molecule has 1 aliphatic heterocycles. The van der Waals surface area contributed by atoms with Crippen LogP contribution in [-0.4, -0.2) is 42.9 Å². The van der Waals surface area contributed by atoms with Crippen LogP contribution in [0.4, 0.5) is 11.4 Å². The Kier molecular flexibility index (Phi) is 6.55. The van der Waals surface area contributed by atoms with E-state index in [4.69, 9.17) is 16.0 Å². The van der Waals surface area contributed by atoms with E-state index in [2.05, 4.69) is 10.2 Å². The molecule has 35 heavy (non-hydrogen) atoms. The molecule has 1 aromatic heterocycles. The van der Waals surface area contributed by atoms with Gasteiger partial charge >= 0.3 is 0 Å². The Hall–Kier alpha value is -4.03. The summed E-state index contributed by atoms with van der Waals surface area (Å²) in [5.41, 5.74) is 4.24. The number of nitrogens with zero attached hydrogens (tertiary/aromatic N) is 2. The van der Waals surface area contributed by atoms with Crippen molar-refractivity contribution in [1.82, 2.24) is 4.90 Å². The molecule has 0 atom stereocenters. The van der Waals surface area contributed by atoms with Crippen LogP contribution in [0.15, 0.2) is 95.6 Å². The lowest BCUT2D eigenvalue weighted by atomic mass is 10.0. The molecule has 6 nitrogen and oxygen atoms in total. The highest BCUT2D eigenvalue weighted by Gasteiger charge is 2.24. The number of halogens is 1. The number of carbonyl (C=O) groups is 2. The minimum absolute atomic E-state index is 0.101. The molecule has 1 N–H and O–H groups in total. The molecular weight excluding hydrogens is 462 g/mol. The topological polar surface area (TPSA) is 65.8 Å². The SMILES string of the molecule is O=C(Nc1ccc(N2CCN(C(=O)c3ccco3)CC2)c(Cl)c1)c1ccc(-c2ccccc2)cc1. The molecule has 176 valence electrons. The summed E-state index contributed by atoms with van der Waals surface area (Å²) in [7, 11) is 0. The van der Waals surface area contributed by atoms with Gasteiger partial charge in [-0.2, -0.15) is 0 Å². The normalized spacial score (nSPS) is 13.5. The summed E-state index contributed by atoms with van der Waals surface area (Å²) >= 11 is 6.57. The summed E-state index contributed by atoms with van der Waals surface area (Å²) < 4.78 is 5.22. The van der Waals surface area contributed by atoms with Gasteiger partial charge in [0.05, 0.1) is 17.0 Å². The second-order valence-electron chi connectivity index (χ2n) is 8.32. The van der Waals surface area contributed by atoms with E-state index in [1.807, 2.05) is 66.7 Å². The summed E-state index contributed by atoms with van der Waals surface area (Å²) in [6.07, 6.45) is 1.50. The van der Waals surface area contributed by atoms with Gasteiger partial charge in [0.1, 0.15) is 0 Å². The predicted octanol–water partition coefficient (Wildman–Crippen LogP) is 5.81.